The summed E-state index contributed by atoms with van der Waals surface area (Å²) in [4.78, 5) is 37.1. The number of nitrogens with one attached hydrogen (secondary N) is 1. The number of para-hydroxylation sites is 1. The largest absolute Gasteiger partial charge is 0.494 e. The van der Waals surface area contributed by atoms with Crippen molar-refractivity contribution in [1.29, 1.82) is 0 Å². The molecule has 0 radical (unpaired) electrons. The minimum Gasteiger partial charge on any atom is -0.494 e. The summed E-state index contributed by atoms with van der Waals surface area (Å²) in [6.07, 6.45) is 0.854. The molecule has 2 aromatic carbocycles. The molecule has 1 aliphatic heterocycles. The van der Waals surface area contributed by atoms with E-state index in [2.05, 4.69) is 5.32 Å². The van der Waals surface area contributed by atoms with Crippen LogP contribution in [-0.4, -0.2) is 30.4 Å². The van der Waals surface area contributed by atoms with E-state index < -0.39 is 10.8 Å². The SMILES string of the molecule is CCc1ccccc1NC(=O)[C@H]1CC(=O)N(c2ccc([N+](=O)[O-])cc2OC)C1. The fourth-order valence-electron chi connectivity index (χ4n) is 3.30. The van der Waals surface area contributed by atoms with E-state index in [0.717, 1.165) is 17.7 Å². The highest BCUT2D eigenvalue weighted by atomic mass is 16.6. The lowest BCUT2D eigenvalue weighted by molar-refractivity contribution is -0.384. The van der Waals surface area contributed by atoms with Crippen LogP contribution in [0.4, 0.5) is 17.1 Å². The third kappa shape index (κ3) is 3.80. The Bertz CT molecular complexity index is 928. The van der Waals surface area contributed by atoms with E-state index >= 15 is 0 Å². The number of non-ortho nitro benzene ring substituents is 1. The van der Waals surface area contributed by atoms with Crippen molar-refractivity contribution in [3.8, 4) is 5.75 Å². The Balaban J connectivity index is 1.78. The zero-order valence-electron chi connectivity index (χ0n) is 15.7. The fourth-order valence-corrected chi connectivity index (χ4v) is 3.30. The Labute approximate surface area is 162 Å². The first-order valence-electron chi connectivity index (χ1n) is 8.96. The van der Waals surface area contributed by atoms with Crippen molar-refractivity contribution in [3.63, 3.8) is 0 Å². The van der Waals surface area contributed by atoms with Gasteiger partial charge in [-0.1, -0.05) is 25.1 Å². The monoisotopic (exact) mass is 383 g/mol. The number of carbonyl (C=O) groups is 2. The van der Waals surface area contributed by atoms with Crippen LogP contribution in [0.25, 0.3) is 0 Å². The molecule has 2 aromatic rings. The summed E-state index contributed by atoms with van der Waals surface area (Å²) in [6.45, 7) is 2.19. The quantitative estimate of drug-likeness (QED) is 0.610. The maximum Gasteiger partial charge on any atom is 0.273 e. The van der Waals surface area contributed by atoms with Crippen molar-refractivity contribution < 1.29 is 19.2 Å². The number of methoxy groups -OCH3 is 1. The van der Waals surface area contributed by atoms with Crippen LogP contribution in [0.15, 0.2) is 42.5 Å². The molecule has 1 fully saturated rings. The molecule has 8 nitrogen and oxygen atoms in total. The van der Waals surface area contributed by atoms with Gasteiger partial charge >= 0.3 is 0 Å². The average molecular weight is 383 g/mol. The van der Waals surface area contributed by atoms with Crippen LogP contribution in [0, 0.1) is 16.0 Å². The zero-order valence-corrected chi connectivity index (χ0v) is 15.7. The third-order valence-electron chi connectivity index (χ3n) is 4.82. The second kappa shape index (κ2) is 8.08. The number of anilines is 2. The van der Waals surface area contributed by atoms with Crippen LogP contribution in [0.3, 0.4) is 0 Å². The van der Waals surface area contributed by atoms with E-state index in [4.69, 9.17) is 4.74 Å². The first-order valence-corrected chi connectivity index (χ1v) is 8.96. The Morgan fingerprint density at radius 2 is 2.07 bits per heavy atom. The number of benzene rings is 2. The van der Waals surface area contributed by atoms with Crippen LogP contribution >= 0.6 is 0 Å². The number of hydrogen-bond donors (Lipinski definition) is 1. The highest BCUT2D eigenvalue weighted by Crippen LogP contribution is 2.36. The van der Waals surface area contributed by atoms with Gasteiger partial charge in [-0.25, -0.2) is 0 Å². The van der Waals surface area contributed by atoms with E-state index in [0.29, 0.717) is 5.69 Å². The van der Waals surface area contributed by atoms with Crippen molar-refractivity contribution in [2.75, 3.05) is 23.9 Å². The number of carbonyl (C=O) groups excluding carboxylic acids is 2. The second-order valence-electron chi connectivity index (χ2n) is 6.52. The number of amides is 2. The lowest BCUT2D eigenvalue weighted by atomic mass is 10.1. The molecule has 1 aliphatic rings. The molecule has 1 N–H and O–H groups in total. The van der Waals surface area contributed by atoms with Crippen LogP contribution in [0.1, 0.15) is 18.9 Å². The summed E-state index contributed by atoms with van der Waals surface area (Å²) in [7, 11) is 1.38. The maximum absolute atomic E-state index is 12.7. The summed E-state index contributed by atoms with van der Waals surface area (Å²) in [6, 6.07) is 11.6. The molecule has 0 spiro atoms. The lowest BCUT2D eigenvalue weighted by Crippen LogP contribution is -2.28. The summed E-state index contributed by atoms with van der Waals surface area (Å²) in [5, 5.41) is 13.9. The van der Waals surface area contributed by atoms with E-state index in [1.54, 1.807) is 0 Å². The van der Waals surface area contributed by atoms with Gasteiger partial charge < -0.3 is 15.0 Å². The van der Waals surface area contributed by atoms with Gasteiger partial charge in [-0.15, -0.1) is 0 Å². The van der Waals surface area contributed by atoms with Crippen molar-refractivity contribution in [3.05, 3.63) is 58.1 Å². The molecule has 28 heavy (non-hydrogen) atoms. The number of nitro groups is 1. The first-order chi connectivity index (χ1) is 13.4. The molecule has 8 heteroatoms. The molecule has 146 valence electrons. The van der Waals surface area contributed by atoms with E-state index in [-0.39, 0.29) is 36.2 Å². The van der Waals surface area contributed by atoms with Crippen molar-refractivity contribution in [2.24, 2.45) is 5.92 Å². The summed E-state index contributed by atoms with van der Waals surface area (Å²) in [5.74, 6) is -0.744. The lowest BCUT2D eigenvalue weighted by Gasteiger charge is -2.19. The number of aryl methyl sites for hydroxylation is 1. The van der Waals surface area contributed by atoms with Gasteiger partial charge in [0.25, 0.3) is 5.69 Å². The van der Waals surface area contributed by atoms with Crippen LogP contribution < -0.4 is 15.0 Å². The molecule has 1 heterocycles. The van der Waals surface area contributed by atoms with Crippen LogP contribution in [-0.2, 0) is 16.0 Å². The number of rotatable bonds is 6. The molecule has 2 amide bonds. The van der Waals surface area contributed by atoms with E-state index in [1.165, 1.54) is 30.2 Å². The number of nitro benzene ring substituents is 1. The minimum atomic E-state index is -0.528. The normalized spacial score (nSPS) is 16.1. The first kappa shape index (κ1) is 19.3. The van der Waals surface area contributed by atoms with Gasteiger partial charge in [0.2, 0.25) is 11.8 Å². The molecular weight excluding hydrogens is 362 g/mol. The smallest absolute Gasteiger partial charge is 0.273 e. The van der Waals surface area contributed by atoms with Crippen molar-refractivity contribution in [2.45, 2.75) is 19.8 Å². The second-order valence-corrected chi connectivity index (χ2v) is 6.52. The third-order valence-corrected chi connectivity index (χ3v) is 4.82. The number of ether oxygens (including phenoxy) is 1. The molecule has 0 aromatic heterocycles. The Hall–Kier alpha value is -3.42. The average Bonchev–Trinajstić information content (AvgIpc) is 3.09. The molecule has 1 saturated heterocycles. The molecule has 0 saturated carbocycles. The van der Waals surface area contributed by atoms with Crippen LogP contribution in [0.5, 0.6) is 5.75 Å². The Kier molecular flexibility index (Phi) is 5.58. The predicted octanol–water partition coefficient (Wildman–Crippen LogP) is 3.16. The molecule has 1 atom stereocenters. The Morgan fingerprint density at radius 1 is 1.32 bits per heavy atom. The van der Waals surface area contributed by atoms with Crippen molar-refractivity contribution in [1.82, 2.24) is 0 Å². The van der Waals surface area contributed by atoms with Gasteiger partial charge in [-0.05, 0) is 24.1 Å². The van der Waals surface area contributed by atoms with Gasteiger partial charge in [0, 0.05) is 24.7 Å². The van der Waals surface area contributed by atoms with Crippen LogP contribution in [0.2, 0.25) is 0 Å². The molecule has 3 rings (SSSR count). The summed E-state index contributed by atoms with van der Waals surface area (Å²) < 4.78 is 5.22. The van der Waals surface area contributed by atoms with Gasteiger partial charge in [-0.3, -0.25) is 19.7 Å². The highest BCUT2D eigenvalue weighted by Gasteiger charge is 2.36. The molecule has 0 bridgehead atoms. The Morgan fingerprint density at radius 3 is 2.75 bits per heavy atom. The van der Waals surface area contributed by atoms with Gasteiger partial charge in [0.15, 0.2) is 0 Å². The molecule has 0 unspecified atom stereocenters. The van der Waals surface area contributed by atoms with Crippen molar-refractivity contribution >= 4 is 28.9 Å². The van der Waals surface area contributed by atoms with Gasteiger partial charge in [0.1, 0.15) is 5.75 Å². The highest BCUT2D eigenvalue weighted by molar-refractivity contribution is 6.04. The fraction of sp³-hybridized carbons (Fsp3) is 0.300. The maximum atomic E-state index is 12.7. The minimum absolute atomic E-state index is 0.0697. The number of nitrogens with zero attached hydrogens (tertiary/aromatic N) is 2. The molecule has 0 aliphatic carbocycles. The standard InChI is InChI=1S/C20H21N3O5/c1-3-13-6-4-5-7-16(13)21-20(25)14-10-19(24)22(12-14)17-9-8-15(23(26)27)11-18(17)28-2/h4-9,11,14H,3,10,12H2,1-2H3,(H,21,25)/t14-/m0/s1. The summed E-state index contributed by atoms with van der Waals surface area (Å²) >= 11 is 0. The van der Waals surface area contributed by atoms with E-state index in [1.807, 2.05) is 31.2 Å². The van der Waals surface area contributed by atoms with Gasteiger partial charge in [-0.2, -0.15) is 0 Å². The number of hydrogen-bond acceptors (Lipinski definition) is 5. The zero-order chi connectivity index (χ0) is 20.3. The van der Waals surface area contributed by atoms with Gasteiger partial charge in [0.05, 0.1) is 29.7 Å². The predicted molar refractivity (Wildman–Crippen MR) is 105 cm³/mol. The topological polar surface area (TPSA) is 102 Å². The summed E-state index contributed by atoms with van der Waals surface area (Å²) in [5.41, 5.74) is 2.06. The van der Waals surface area contributed by atoms with E-state index in [9.17, 15) is 19.7 Å². The molecular formula is C20H21N3O5.